The smallest absolute Gasteiger partial charge is 0.319 e. The molecule has 1 aromatic carbocycles. The number of esters is 1. The third-order valence-corrected chi connectivity index (χ3v) is 9.98. The molecule has 0 saturated carbocycles. The van der Waals surface area contributed by atoms with E-state index in [-0.39, 0.29) is 24.4 Å². The van der Waals surface area contributed by atoms with Crippen molar-refractivity contribution in [3.63, 3.8) is 0 Å². The van der Waals surface area contributed by atoms with Gasteiger partial charge in [0.15, 0.2) is 23.9 Å². The lowest BCUT2D eigenvalue weighted by atomic mass is 9.74. The monoisotopic (exact) mass is 680 g/mol. The number of carbonyl (C=O) groups excluding carboxylic acids is 2. The Morgan fingerprint density at radius 1 is 1.06 bits per heavy atom. The first-order valence-electron chi connectivity index (χ1n) is 16.9. The van der Waals surface area contributed by atoms with Crippen molar-refractivity contribution in [1.29, 1.82) is 0 Å². The molecule has 1 N–H and O–H groups in total. The molecule has 7 atom stereocenters. The maximum Gasteiger partial charge on any atom is 0.319 e. The van der Waals surface area contributed by atoms with Gasteiger partial charge in [0.25, 0.3) is 0 Å². The number of hydrogen-bond acceptors (Lipinski definition) is 9. The minimum atomic E-state index is -1.45. The molecule has 2 saturated heterocycles. The number of Topliss-reactive ketones (excluding diaryl/α,β-unsaturated/α-hetero) is 1. The third kappa shape index (κ3) is 10.5. The first kappa shape index (κ1) is 39.5. The Morgan fingerprint density at radius 2 is 1.72 bits per heavy atom. The number of halogens is 1. The fourth-order valence-electron chi connectivity index (χ4n) is 7.05. The Morgan fingerprint density at radius 3 is 2.34 bits per heavy atom. The topological polar surface area (TPSA) is 101 Å². The number of hydrogen-bond donors (Lipinski definition) is 1. The van der Waals surface area contributed by atoms with E-state index in [1.807, 2.05) is 56.8 Å². The average molecular weight is 681 g/mol. The van der Waals surface area contributed by atoms with Crippen molar-refractivity contribution in [2.24, 2.45) is 17.3 Å². The molecule has 0 aliphatic carbocycles. The van der Waals surface area contributed by atoms with Gasteiger partial charge in [0.2, 0.25) is 0 Å². The van der Waals surface area contributed by atoms with Gasteiger partial charge in [0.1, 0.15) is 26.1 Å². The molecule has 2 heterocycles. The average Bonchev–Trinajstić information content (AvgIpc) is 3.00. The van der Waals surface area contributed by atoms with E-state index in [9.17, 15) is 14.7 Å². The first-order valence-corrected chi connectivity index (χ1v) is 17.3. The molecule has 0 aromatic heterocycles. The zero-order valence-corrected chi connectivity index (χ0v) is 31.0. The molecular formula is C36H59ClN3O7+. The van der Waals surface area contributed by atoms with Crippen molar-refractivity contribution in [3.8, 4) is 0 Å². The maximum atomic E-state index is 14.3. The molecule has 2 fully saturated rings. The van der Waals surface area contributed by atoms with Gasteiger partial charge in [-0.3, -0.25) is 14.5 Å². The number of ether oxygens (including phenoxy) is 4. The van der Waals surface area contributed by atoms with Crippen LogP contribution in [0.5, 0.6) is 0 Å². The van der Waals surface area contributed by atoms with Crippen LogP contribution in [0.1, 0.15) is 66.4 Å². The number of methoxy groups -OCH3 is 1. The molecule has 266 valence electrons. The van der Waals surface area contributed by atoms with Gasteiger partial charge in [-0.25, -0.2) is 4.58 Å². The van der Waals surface area contributed by atoms with Crippen molar-refractivity contribution in [2.45, 2.75) is 97.6 Å². The summed E-state index contributed by atoms with van der Waals surface area (Å²) in [5.41, 5.74) is -0.475. The fraction of sp³-hybridized carbons (Fsp3) is 0.750. The molecule has 0 bridgehead atoms. The summed E-state index contributed by atoms with van der Waals surface area (Å²) in [5, 5.41) is 12.0. The summed E-state index contributed by atoms with van der Waals surface area (Å²) in [6.45, 7) is 14.9. The highest BCUT2D eigenvalue weighted by Gasteiger charge is 2.51. The molecule has 1 aromatic rings. The first-order chi connectivity index (χ1) is 22.0. The predicted octanol–water partition coefficient (Wildman–Crippen LogP) is 4.28. The van der Waals surface area contributed by atoms with Crippen molar-refractivity contribution in [2.75, 3.05) is 61.0 Å². The Hall–Kier alpha value is -1.92. The van der Waals surface area contributed by atoms with Crippen LogP contribution in [0.3, 0.4) is 0 Å². The molecule has 0 spiro atoms. The zero-order chi connectivity index (χ0) is 35.1. The molecule has 1 unspecified atom stereocenters. The molecule has 0 amide bonds. The summed E-state index contributed by atoms with van der Waals surface area (Å²) in [5.74, 6) is -1.52. The largest absolute Gasteiger partial charge is 0.464 e. The maximum absolute atomic E-state index is 14.3. The second-order valence-corrected chi connectivity index (χ2v) is 15.1. The van der Waals surface area contributed by atoms with Crippen LogP contribution in [0.25, 0.3) is 0 Å². The molecular weight excluding hydrogens is 622 g/mol. The van der Waals surface area contributed by atoms with Gasteiger partial charge in [-0.2, -0.15) is 0 Å². The standard InChI is InChI=1S/C36H59ClN3O7/c1-24-21-36(6,44-10)32(47-33-30(41)29(38(7)8)20-25(2)46-33)26(3)31(42)35(4,5)34(43)45-19-18-40(17-11-16-39(9)22-24)23-27-12-14-28(37)15-13-27/h12-15,24-26,30,32-33,41H,11,16-23H2,1-10H3/q+1/t24-,25-,26+,30-,32-,33?,36-/m1/s1. The number of nitrogens with zero attached hydrogens (tertiary/aromatic N) is 3. The SMILES string of the molecule is CO[C@]1(C)C[C@@H](C)CN(C)CCCN(Cc2ccc(Cl)cc2)CCOC(=O)C(C)(C)C(=O)[C@H](C)[C@H]1OC1O[C@H](C)CC(=[N+](C)C)[C@H]1O. The van der Waals surface area contributed by atoms with E-state index in [1.54, 1.807) is 27.9 Å². The van der Waals surface area contributed by atoms with Crippen LogP contribution in [0.2, 0.25) is 5.02 Å². The summed E-state index contributed by atoms with van der Waals surface area (Å²) in [6, 6.07) is 7.78. The van der Waals surface area contributed by atoms with E-state index in [0.29, 0.717) is 31.0 Å². The lowest BCUT2D eigenvalue weighted by Crippen LogP contribution is -2.58. The summed E-state index contributed by atoms with van der Waals surface area (Å²) in [4.78, 5) is 32.4. The van der Waals surface area contributed by atoms with Crippen molar-refractivity contribution in [3.05, 3.63) is 34.9 Å². The highest BCUT2D eigenvalue weighted by atomic mass is 35.5. The molecule has 2 aliphatic heterocycles. The van der Waals surface area contributed by atoms with Crippen LogP contribution in [0, 0.1) is 17.3 Å². The number of aliphatic hydroxyl groups excluding tert-OH is 1. The highest BCUT2D eigenvalue weighted by Crippen LogP contribution is 2.37. The predicted molar refractivity (Wildman–Crippen MR) is 184 cm³/mol. The number of ketones is 1. The number of cyclic esters (lactones) is 1. The fourth-order valence-corrected chi connectivity index (χ4v) is 7.17. The van der Waals surface area contributed by atoms with Gasteiger partial charge in [-0.05, 0) is 84.3 Å². The third-order valence-electron chi connectivity index (χ3n) is 9.73. The summed E-state index contributed by atoms with van der Waals surface area (Å²) in [6.07, 6.45) is -1.00. The van der Waals surface area contributed by atoms with Crippen molar-refractivity contribution in [1.82, 2.24) is 9.80 Å². The van der Waals surface area contributed by atoms with E-state index in [1.165, 1.54) is 0 Å². The molecule has 10 nitrogen and oxygen atoms in total. The molecule has 3 rings (SSSR count). The van der Waals surface area contributed by atoms with Gasteiger partial charge in [0, 0.05) is 37.7 Å². The summed E-state index contributed by atoms with van der Waals surface area (Å²) < 4.78 is 26.7. The zero-order valence-electron chi connectivity index (χ0n) is 30.3. The van der Waals surface area contributed by atoms with E-state index >= 15 is 0 Å². The normalized spacial score (nSPS) is 32.9. The Bertz CT molecular complexity index is 1220. The molecule has 47 heavy (non-hydrogen) atoms. The van der Waals surface area contributed by atoms with Gasteiger partial charge >= 0.3 is 5.97 Å². The summed E-state index contributed by atoms with van der Waals surface area (Å²) >= 11 is 6.11. The van der Waals surface area contributed by atoms with E-state index in [2.05, 4.69) is 23.8 Å². The number of benzene rings is 1. The van der Waals surface area contributed by atoms with Crippen LogP contribution >= 0.6 is 11.6 Å². The minimum absolute atomic E-state index is 0.156. The molecule has 2 aliphatic rings. The van der Waals surface area contributed by atoms with Crippen LogP contribution in [-0.4, -0.2) is 128 Å². The van der Waals surface area contributed by atoms with Crippen LogP contribution in [0.4, 0.5) is 0 Å². The lowest BCUT2D eigenvalue weighted by molar-refractivity contribution is -0.473. The molecule has 11 heteroatoms. The van der Waals surface area contributed by atoms with Gasteiger partial charge in [0.05, 0.1) is 24.2 Å². The van der Waals surface area contributed by atoms with Crippen LogP contribution in [0.15, 0.2) is 24.3 Å². The van der Waals surface area contributed by atoms with Crippen molar-refractivity contribution >= 4 is 29.1 Å². The number of aliphatic hydroxyl groups is 1. The van der Waals surface area contributed by atoms with E-state index in [0.717, 1.165) is 37.3 Å². The molecule has 0 radical (unpaired) electrons. The van der Waals surface area contributed by atoms with E-state index in [4.69, 9.17) is 30.5 Å². The summed E-state index contributed by atoms with van der Waals surface area (Å²) in [7, 11) is 7.52. The van der Waals surface area contributed by atoms with Crippen molar-refractivity contribution < 1.29 is 38.2 Å². The second-order valence-electron chi connectivity index (χ2n) is 14.7. The van der Waals surface area contributed by atoms with Gasteiger partial charge in [-0.15, -0.1) is 0 Å². The lowest BCUT2D eigenvalue weighted by Gasteiger charge is -2.45. The van der Waals surface area contributed by atoms with E-state index < -0.39 is 41.4 Å². The van der Waals surface area contributed by atoms with Crippen LogP contribution < -0.4 is 0 Å². The van der Waals surface area contributed by atoms with Gasteiger partial charge < -0.3 is 29.0 Å². The number of carbonyl (C=O) groups is 2. The van der Waals surface area contributed by atoms with Crippen LogP contribution in [-0.2, 0) is 35.1 Å². The van der Waals surface area contributed by atoms with Gasteiger partial charge in [-0.1, -0.05) is 37.6 Å². The quantitative estimate of drug-likeness (QED) is 0.278. The second kappa shape index (κ2) is 17.1. The highest BCUT2D eigenvalue weighted by molar-refractivity contribution is 6.30. The Balaban J connectivity index is 1.93. The minimum Gasteiger partial charge on any atom is -0.464 e. The number of rotatable bonds is 5. The Kier molecular flexibility index (Phi) is 14.4. The Labute approximate surface area is 287 Å².